The Hall–Kier alpha value is -2.82. The minimum Gasteiger partial charge on any atom is -0.484 e. The van der Waals surface area contributed by atoms with Gasteiger partial charge in [0.1, 0.15) is 11.6 Å². The number of aromatic nitrogens is 2. The van der Waals surface area contributed by atoms with Gasteiger partial charge in [-0.15, -0.1) is 0 Å². The highest BCUT2D eigenvalue weighted by Gasteiger charge is 2.13. The van der Waals surface area contributed by atoms with E-state index in [1.54, 1.807) is 14.1 Å². The zero-order valence-corrected chi connectivity index (χ0v) is 14.4. The third-order valence-electron chi connectivity index (χ3n) is 3.99. The molecule has 2 aromatic carbocycles. The number of aromatic amines is 1. The van der Waals surface area contributed by atoms with Crippen LogP contribution < -0.4 is 4.74 Å². The summed E-state index contributed by atoms with van der Waals surface area (Å²) < 4.78 is 5.62. The molecule has 0 aliphatic rings. The number of benzene rings is 2. The van der Waals surface area contributed by atoms with Crippen LogP contribution in [-0.4, -0.2) is 41.5 Å². The molecule has 124 valence electrons. The molecule has 1 heterocycles. The van der Waals surface area contributed by atoms with Gasteiger partial charge in [-0.05, 0) is 49.2 Å². The molecule has 0 fully saturated rings. The fourth-order valence-electron chi connectivity index (χ4n) is 2.73. The minimum absolute atomic E-state index is 0.0376. The van der Waals surface area contributed by atoms with Crippen molar-refractivity contribution in [3.63, 3.8) is 0 Å². The van der Waals surface area contributed by atoms with Crippen molar-refractivity contribution in [3.8, 4) is 17.1 Å². The molecule has 0 saturated carbocycles. The van der Waals surface area contributed by atoms with Crippen LogP contribution in [0.4, 0.5) is 0 Å². The number of amides is 1. The van der Waals surface area contributed by atoms with Gasteiger partial charge in [0.2, 0.25) is 0 Å². The zero-order valence-electron chi connectivity index (χ0n) is 14.4. The summed E-state index contributed by atoms with van der Waals surface area (Å²) in [6.07, 6.45) is 0. The lowest BCUT2D eigenvalue weighted by molar-refractivity contribution is -0.130. The normalized spacial score (nSPS) is 10.8. The average molecular weight is 323 g/mol. The number of nitrogens with one attached hydrogen (secondary N) is 1. The van der Waals surface area contributed by atoms with Crippen LogP contribution in [0.5, 0.6) is 5.75 Å². The number of fused-ring (bicyclic) bond motifs is 1. The summed E-state index contributed by atoms with van der Waals surface area (Å²) >= 11 is 0. The predicted octanol–water partition coefficient (Wildman–Crippen LogP) is 3.31. The lowest BCUT2D eigenvalue weighted by Gasteiger charge is -2.14. The number of H-pyrrole nitrogens is 1. The lowest BCUT2D eigenvalue weighted by atomic mass is 10.0. The molecule has 0 aliphatic carbocycles. The van der Waals surface area contributed by atoms with Crippen molar-refractivity contribution < 1.29 is 9.53 Å². The van der Waals surface area contributed by atoms with E-state index in [9.17, 15) is 4.79 Å². The summed E-state index contributed by atoms with van der Waals surface area (Å²) in [4.78, 5) is 21.2. The molecule has 3 aromatic rings. The van der Waals surface area contributed by atoms with E-state index in [0.29, 0.717) is 5.75 Å². The Kier molecular flexibility index (Phi) is 4.25. The largest absolute Gasteiger partial charge is 0.484 e. The van der Waals surface area contributed by atoms with Crippen molar-refractivity contribution in [2.75, 3.05) is 20.7 Å². The molecule has 0 aliphatic heterocycles. The van der Waals surface area contributed by atoms with Gasteiger partial charge in [-0.3, -0.25) is 4.79 Å². The van der Waals surface area contributed by atoms with Gasteiger partial charge in [-0.2, -0.15) is 0 Å². The first-order chi connectivity index (χ1) is 11.5. The molecule has 0 radical (unpaired) electrons. The number of imidazole rings is 1. The molecular formula is C19H21N3O2. The van der Waals surface area contributed by atoms with E-state index in [1.165, 1.54) is 4.90 Å². The molecule has 3 rings (SSSR count). The maximum atomic E-state index is 11.7. The van der Waals surface area contributed by atoms with E-state index in [0.717, 1.165) is 33.5 Å². The number of carbonyl (C=O) groups excluding carboxylic acids is 1. The summed E-state index contributed by atoms with van der Waals surface area (Å²) in [6, 6.07) is 11.9. The van der Waals surface area contributed by atoms with Crippen LogP contribution in [0, 0.1) is 13.8 Å². The Morgan fingerprint density at radius 2 is 1.83 bits per heavy atom. The standard InChI is InChI=1S/C19H21N3O2/c1-12-9-14(24-11-17(23)22(3)4)10-13(2)18(12)19-20-15-7-5-6-8-16(15)21-19/h5-10H,11H2,1-4H3,(H,20,21). The van der Waals surface area contributed by atoms with Gasteiger partial charge in [-0.25, -0.2) is 4.98 Å². The highest BCUT2D eigenvalue weighted by atomic mass is 16.5. The first-order valence-corrected chi connectivity index (χ1v) is 7.85. The number of ether oxygens (including phenoxy) is 1. The third kappa shape index (κ3) is 3.11. The average Bonchev–Trinajstić information content (AvgIpc) is 2.95. The monoisotopic (exact) mass is 323 g/mol. The summed E-state index contributed by atoms with van der Waals surface area (Å²) in [5.41, 5.74) is 5.15. The van der Waals surface area contributed by atoms with Crippen LogP contribution in [-0.2, 0) is 4.79 Å². The molecule has 0 saturated heterocycles. The van der Waals surface area contributed by atoms with Gasteiger partial charge < -0.3 is 14.6 Å². The SMILES string of the molecule is Cc1cc(OCC(=O)N(C)C)cc(C)c1-c1nc2ccccc2[nH]1. The molecule has 0 spiro atoms. The zero-order chi connectivity index (χ0) is 17.3. The number of para-hydroxylation sites is 2. The number of aryl methyl sites for hydroxylation is 2. The summed E-state index contributed by atoms with van der Waals surface area (Å²) in [7, 11) is 3.43. The maximum Gasteiger partial charge on any atom is 0.259 e. The summed E-state index contributed by atoms with van der Waals surface area (Å²) in [5.74, 6) is 1.48. The van der Waals surface area contributed by atoms with E-state index < -0.39 is 0 Å². The summed E-state index contributed by atoms with van der Waals surface area (Å²) in [5, 5.41) is 0. The molecule has 1 N–H and O–H groups in total. The first-order valence-electron chi connectivity index (χ1n) is 7.85. The van der Waals surface area contributed by atoms with E-state index in [-0.39, 0.29) is 12.5 Å². The maximum absolute atomic E-state index is 11.7. The van der Waals surface area contributed by atoms with Gasteiger partial charge in [0.05, 0.1) is 11.0 Å². The van der Waals surface area contributed by atoms with Crippen molar-refractivity contribution in [1.82, 2.24) is 14.9 Å². The number of hydrogen-bond donors (Lipinski definition) is 1. The van der Waals surface area contributed by atoms with Crippen molar-refractivity contribution in [2.24, 2.45) is 0 Å². The highest BCUT2D eigenvalue weighted by molar-refractivity contribution is 5.81. The quantitative estimate of drug-likeness (QED) is 0.801. The van der Waals surface area contributed by atoms with Crippen molar-refractivity contribution in [2.45, 2.75) is 13.8 Å². The summed E-state index contributed by atoms with van der Waals surface area (Å²) in [6.45, 7) is 4.09. The van der Waals surface area contributed by atoms with Crippen LogP contribution in [0.25, 0.3) is 22.4 Å². The molecule has 5 heteroatoms. The van der Waals surface area contributed by atoms with Gasteiger partial charge in [0.25, 0.3) is 5.91 Å². The third-order valence-corrected chi connectivity index (χ3v) is 3.99. The fourth-order valence-corrected chi connectivity index (χ4v) is 2.73. The Labute approximate surface area is 141 Å². The van der Waals surface area contributed by atoms with Crippen molar-refractivity contribution >= 4 is 16.9 Å². The van der Waals surface area contributed by atoms with E-state index >= 15 is 0 Å². The van der Waals surface area contributed by atoms with Crippen LogP contribution in [0.15, 0.2) is 36.4 Å². The smallest absolute Gasteiger partial charge is 0.259 e. The number of likely N-dealkylation sites (N-methyl/N-ethyl adjacent to an activating group) is 1. The number of hydrogen-bond acceptors (Lipinski definition) is 3. The van der Waals surface area contributed by atoms with E-state index in [2.05, 4.69) is 9.97 Å². The van der Waals surface area contributed by atoms with Gasteiger partial charge in [-0.1, -0.05) is 12.1 Å². The molecule has 1 amide bonds. The number of carbonyl (C=O) groups is 1. The van der Waals surface area contributed by atoms with Crippen molar-refractivity contribution in [1.29, 1.82) is 0 Å². The second-order valence-electron chi connectivity index (χ2n) is 6.11. The second-order valence-corrected chi connectivity index (χ2v) is 6.11. The van der Waals surface area contributed by atoms with Gasteiger partial charge in [0.15, 0.2) is 6.61 Å². The van der Waals surface area contributed by atoms with Gasteiger partial charge >= 0.3 is 0 Å². The Morgan fingerprint density at radius 1 is 1.17 bits per heavy atom. The molecule has 0 atom stereocenters. The second kappa shape index (κ2) is 6.35. The minimum atomic E-state index is -0.0633. The number of rotatable bonds is 4. The molecule has 1 aromatic heterocycles. The predicted molar refractivity (Wildman–Crippen MR) is 95.2 cm³/mol. The molecule has 0 unspecified atom stereocenters. The van der Waals surface area contributed by atoms with Crippen LogP contribution in [0.2, 0.25) is 0 Å². The van der Waals surface area contributed by atoms with E-state index in [1.807, 2.05) is 50.2 Å². The van der Waals surface area contributed by atoms with Crippen molar-refractivity contribution in [3.05, 3.63) is 47.5 Å². The van der Waals surface area contributed by atoms with Crippen LogP contribution in [0.1, 0.15) is 11.1 Å². The first kappa shape index (κ1) is 16.1. The van der Waals surface area contributed by atoms with E-state index in [4.69, 9.17) is 4.74 Å². The Morgan fingerprint density at radius 3 is 2.46 bits per heavy atom. The Balaban J connectivity index is 1.91. The molecule has 5 nitrogen and oxygen atoms in total. The van der Waals surface area contributed by atoms with Crippen LogP contribution in [0.3, 0.4) is 0 Å². The molecule has 24 heavy (non-hydrogen) atoms. The number of nitrogens with zero attached hydrogens (tertiary/aromatic N) is 2. The topological polar surface area (TPSA) is 58.2 Å². The van der Waals surface area contributed by atoms with Crippen LogP contribution >= 0.6 is 0 Å². The Bertz CT molecular complexity index is 841. The fraction of sp³-hybridized carbons (Fsp3) is 0.263. The van der Waals surface area contributed by atoms with Gasteiger partial charge in [0, 0.05) is 19.7 Å². The lowest BCUT2D eigenvalue weighted by Crippen LogP contribution is -2.27. The molecular weight excluding hydrogens is 302 g/mol. The highest BCUT2D eigenvalue weighted by Crippen LogP contribution is 2.30. The molecule has 0 bridgehead atoms.